The van der Waals surface area contributed by atoms with Gasteiger partial charge in [0.15, 0.2) is 0 Å². The minimum atomic E-state index is -0.484. The third-order valence-corrected chi connectivity index (χ3v) is 4.30. The van der Waals surface area contributed by atoms with E-state index in [0.29, 0.717) is 25.8 Å². The van der Waals surface area contributed by atoms with Gasteiger partial charge in [0.25, 0.3) is 0 Å². The van der Waals surface area contributed by atoms with Gasteiger partial charge < -0.3 is 15.2 Å². The van der Waals surface area contributed by atoms with E-state index in [1.165, 1.54) is 4.88 Å². The molecule has 0 radical (unpaired) electrons. The summed E-state index contributed by atoms with van der Waals surface area (Å²) in [5, 5.41) is 15.5. The average molecular weight is 305 g/mol. The number of rotatable bonds is 9. The molecular weight excluding hydrogens is 282 g/mol. The second-order valence-electron chi connectivity index (χ2n) is 5.04. The molecule has 2 N–H and O–H groups in total. The Bertz CT molecular complexity index is 487. The molecule has 2 aromatic rings. The minimum absolute atomic E-state index is 0.314. The monoisotopic (exact) mass is 305 g/mol. The van der Waals surface area contributed by atoms with E-state index in [1.807, 2.05) is 30.3 Å². The van der Waals surface area contributed by atoms with Crippen LogP contribution in [0.15, 0.2) is 47.8 Å². The molecule has 2 unspecified atom stereocenters. The average Bonchev–Trinajstić information content (AvgIpc) is 3.03. The Kier molecular flexibility index (Phi) is 6.89. The topological polar surface area (TPSA) is 41.5 Å². The van der Waals surface area contributed by atoms with E-state index in [0.717, 1.165) is 12.0 Å². The predicted molar refractivity (Wildman–Crippen MR) is 87.5 cm³/mol. The van der Waals surface area contributed by atoms with Gasteiger partial charge in [0.05, 0.1) is 19.3 Å². The zero-order valence-corrected chi connectivity index (χ0v) is 13.2. The quantitative estimate of drug-likeness (QED) is 0.746. The van der Waals surface area contributed by atoms with Crippen molar-refractivity contribution in [1.29, 1.82) is 0 Å². The van der Waals surface area contributed by atoms with Gasteiger partial charge in [-0.25, -0.2) is 0 Å². The molecule has 0 fully saturated rings. The van der Waals surface area contributed by atoms with Crippen molar-refractivity contribution in [2.75, 3.05) is 13.2 Å². The van der Waals surface area contributed by atoms with Gasteiger partial charge in [-0.15, -0.1) is 11.3 Å². The zero-order chi connectivity index (χ0) is 14.9. The number of nitrogens with one attached hydrogen (secondary N) is 1. The Morgan fingerprint density at radius 3 is 2.67 bits per heavy atom. The van der Waals surface area contributed by atoms with Crippen molar-refractivity contribution in [3.63, 3.8) is 0 Å². The Morgan fingerprint density at radius 1 is 1.19 bits per heavy atom. The van der Waals surface area contributed by atoms with Crippen LogP contribution < -0.4 is 5.32 Å². The standard InChI is InChI=1S/C17H23NO2S/c1-2-16(17-9-6-10-21-17)18-11-15(19)13-20-12-14-7-4-3-5-8-14/h3-10,15-16,18-19H,2,11-13H2,1H3. The summed E-state index contributed by atoms with van der Waals surface area (Å²) in [6, 6.07) is 14.5. The fraction of sp³-hybridized carbons (Fsp3) is 0.412. The van der Waals surface area contributed by atoms with E-state index in [2.05, 4.69) is 29.8 Å². The largest absolute Gasteiger partial charge is 0.389 e. The van der Waals surface area contributed by atoms with E-state index in [4.69, 9.17) is 4.74 Å². The van der Waals surface area contributed by atoms with Crippen molar-refractivity contribution < 1.29 is 9.84 Å². The van der Waals surface area contributed by atoms with Crippen LogP contribution in [0, 0.1) is 0 Å². The second kappa shape index (κ2) is 8.95. The molecule has 3 nitrogen and oxygen atoms in total. The molecule has 0 bridgehead atoms. The van der Waals surface area contributed by atoms with Crippen molar-refractivity contribution in [3.05, 3.63) is 58.3 Å². The van der Waals surface area contributed by atoms with Gasteiger partial charge in [0, 0.05) is 17.5 Å². The maximum Gasteiger partial charge on any atom is 0.0898 e. The highest BCUT2D eigenvalue weighted by Gasteiger charge is 2.12. The molecule has 0 saturated carbocycles. The second-order valence-corrected chi connectivity index (χ2v) is 6.02. The Morgan fingerprint density at radius 2 is 2.00 bits per heavy atom. The molecule has 21 heavy (non-hydrogen) atoms. The fourth-order valence-corrected chi connectivity index (χ4v) is 3.05. The van der Waals surface area contributed by atoms with Crippen LogP contribution in [0.25, 0.3) is 0 Å². The van der Waals surface area contributed by atoms with E-state index in [-0.39, 0.29) is 0 Å². The number of hydrogen-bond acceptors (Lipinski definition) is 4. The first-order chi connectivity index (χ1) is 10.3. The predicted octanol–water partition coefficient (Wildman–Crippen LogP) is 3.37. The summed E-state index contributed by atoms with van der Waals surface area (Å²) < 4.78 is 5.55. The summed E-state index contributed by atoms with van der Waals surface area (Å²) >= 11 is 1.75. The summed E-state index contributed by atoms with van der Waals surface area (Å²) in [6.07, 6.45) is 0.528. The van der Waals surface area contributed by atoms with Gasteiger partial charge in [-0.3, -0.25) is 0 Å². The molecular formula is C17H23NO2S. The van der Waals surface area contributed by atoms with Crippen molar-refractivity contribution in [3.8, 4) is 0 Å². The number of ether oxygens (including phenoxy) is 1. The van der Waals surface area contributed by atoms with Gasteiger partial charge in [-0.05, 0) is 23.4 Å². The molecule has 1 aromatic carbocycles. The van der Waals surface area contributed by atoms with E-state index in [9.17, 15) is 5.11 Å². The third-order valence-electron chi connectivity index (χ3n) is 3.32. The lowest BCUT2D eigenvalue weighted by Crippen LogP contribution is -2.32. The Labute approximate surface area is 130 Å². The molecule has 1 aromatic heterocycles. The van der Waals surface area contributed by atoms with Crippen LogP contribution in [0.4, 0.5) is 0 Å². The highest BCUT2D eigenvalue weighted by atomic mass is 32.1. The van der Waals surface area contributed by atoms with E-state index >= 15 is 0 Å². The Hall–Kier alpha value is -1.20. The summed E-state index contributed by atoms with van der Waals surface area (Å²) in [4.78, 5) is 1.31. The number of hydrogen-bond donors (Lipinski definition) is 2. The maximum atomic E-state index is 9.99. The highest BCUT2D eigenvalue weighted by molar-refractivity contribution is 7.10. The lowest BCUT2D eigenvalue weighted by Gasteiger charge is -2.18. The first kappa shape index (κ1) is 16.2. The number of aliphatic hydroxyl groups is 1. The number of thiophene rings is 1. The van der Waals surface area contributed by atoms with Crippen LogP contribution in [0.2, 0.25) is 0 Å². The molecule has 0 saturated heterocycles. The molecule has 2 atom stereocenters. The van der Waals surface area contributed by atoms with Crippen molar-refractivity contribution in [2.45, 2.75) is 32.1 Å². The lowest BCUT2D eigenvalue weighted by atomic mass is 10.2. The zero-order valence-electron chi connectivity index (χ0n) is 12.4. The van der Waals surface area contributed by atoms with Gasteiger partial charge in [0.2, 0.25) is 0 Å². The summed E-state index contributed by atoms with van der Waals surface area (Å²) in [6.45, 7) is 3.59. The third kappa shape index (κ3) is 5.59. The van der Waals surface area contributed by atoms with Crippen LogP contribution in [0.1, 0.15) is 29.8 Å². The summed E-state index contributed by atoms with van der Waals surface area (Å²) in [5.74, 6) is 0. The molecule has 0 aliphatic rings. The van der Waals surface area contributed by atoms with Crippen LogP contribution >= 0.6 is 11.3 Å². The van der Waals surface area contributed by atoms with Gasteiger partial charge in [-0.2, -0.15) is 0 Å². The number of aliphatic hydroxyl groups excluding tert-OH is 1. The van der Waals surface area contributed by atoms with Gasteiger partial charge in [-0.1, -0.05) is 43.3 Å². The molecule has 1 heterocycles. The first-order valence-corrected chi connectivity index (χ1v) is 8.24. The van der Waals surface area contributed by atoms with Crippen molar-refractivity contribution in [2.24, 2.45) is 0 Å². The van der Waals surface area contributed by atoms with Gasteiger partial charge in [0.1, 0.15) is 0 Å². The molecule has 0 aliphatic heterocycles. The number of benzene rings is 1. The normalized spacial score (nSPS) is 14.0. The van der Waals surface area contributed by atoms with E-state index in [1.54, 1.807) is 11.3 Å². The fourth-order valence-electron chi connectivity index (χ4n) is 2.16. The van der Waals surface area contributed by atoms with Crippen LogP contribution in [0.3, 0.4) is 0 Å². The molecule has 0 aliphatic carbocycles. The molecule has 114 valence electrons. The minimum Gasteiger partial charge on any atom is -0.389 e. The maximum absolute atomic E-state index is 9.99. The SMILES string of the molecule is CCC(NCC(O)COCc1ccccc1)c1cccs1. The van der Waals surface area contributed by atoms with Crippen LogP contribution in [-0.4, -0.2) is 24.4 Å². The summed E-state index contributed by atoms with van der Waals surface area (Å²) in [5.41, 5.74) is 1.13. The van der Waals surface area contributed by atoms with Gasteiger partial charge >= 0.3 is 0 Å². The molecule has 0 spiro atoms. The van der Waals surface area contributed by atoms with Crippen LogP contribution in [-0.2, 0) is 11.3 Å². The molecule has 2 rings (SSSR count). The molecule has 0 amide bonds. The lowest BCUT2D eigenvalue weighted by molar-refractivity contribution is 0.0276. The Balaban J connectivity index is 1.66. The van der Waals surface area contributed by atoms with Crippen molar-refractivity contribution >= 4 is 11.3 Å². The first-order valence-electron chi connectivity index (χ1n) is 7.36. The molecule has 4 heteroatoms. The van der Waals surface area contributed by atoms with E-state index < -0.39 is 6.10 Å². The van der Waals surface area contributed by atoms with Crippen LogP contribution in [0.5, 0.6) is 0 Å². The summed E-state index contributed by atoms with van der Waals surface area (Å²) in [7, 11) is 0. The highest BCUT2D eigenvalue weighted by Crippen LogP contribution is 2.21. The smallest absolute Gasteiger partial charge is 0.0898 e. The van der Waals surface area contributed by atoms with Crippen molar-refractivity contribution in [1.82, 2.24) is 5.32 Å².